The molecule has 4 N–H and O–H groups in total. The molecule has 0 bridgehead atoms. The van der Waals surface area contributed by atoms with E-state index in [0.29, 0.717) is 13.0 Å². The summed E-state index contributed by atoms with van der Waals surface area (Å²) in [7, 11) is 0. The first-order valence-corrected chi connectivity index (χ1v) is 6.02. The molecule has 1 aliphatic rings. The number of likely N-dealkylation sites (tertiary alicyclic amines) is 1. The van der Waals surface area contributed by atoms with Crippen LogP contribution in [0.15, 0.2) is 0 Å². The maximum atomic E-state index is 11.7. The molecule has 0 radical (unpaired) electrons. The number of imide groups is 1. The van der Waals surface area contributed by atoms with Crippen molar-refractivity contribution in [2.45, 2.75) is 44.7 Å². The smallest absolute Gasteiger partial charge is 0.320 e. The van der Waals surface area contributed by atoms with Crippen LogP contribution in [0.2, 0.25) is 0 Å². The first kappa shape index (κ1) is 14.4. The molecule has 1 heterocycles. The Morgan fingerprint density at radius 2 is 2.00 bits per heavy atom. The van der Waals surface area contributed by atoms with Gasteiger partial charge < -0.3 is 10.8 Å². The van der Waals surface area contributed by atoms with Crippen LogP contribution >= 0.6 is 0 Å². The van der Waals surface area contributed by atoms with Gasteiger partial charge in [0.1, 0.15) is 6.04 Å². The van der Waals surface area contributed by atoms with Crippen molar-refractivity contribution in [2.75, 3.05) is 6.54 Å². The van der Waals surface area contributed by atoms with Crippen LogP contribution in [0.4, 0.5) is 4.79 Å². The van der Waals surface area contributed by atoms with Crippen LogP contribution in [-0.2, 0) is 9.59 Å². The molecule has 0 aromatic heterocycles. The van der Waals surface area contributed by atoms with Gasteiger partial charge in [0.25, 0.3) is 0 Å². The Labute approximate surface area is 105 Å². The molecular formula is C11H19N3O4. The Kier molecular flexibility index (Phi) is 5.08. The van der Waals surface area contributed by atoms with E-state index in [1.54, 1.807) is 11.8 Å². The molecule has 18 heavy (non-hydrogen) atoms. The summed E-state index contributed by atoms with van der Waals surface area (Å²) in [6.45, 7) is 2.11. The van der Waals surface area contributed by atoms with Crippen molar-refractivity contribution in [1.82, 2.24) is 10.2 Å². The van der Waals surface area contributed by atoms with Crippen LogP contribution in [0.1, 0.15) is 32.6 Å². The summed E-state index contributed by atoms with van der Waals surface area (Å²) in [5, 5.41) is 11.2. The second kappa shape index (κ2) is 6.34. The van der Waals surface area contributed by atoms with Gasteiger partial charge in [-0.1, -0.05) is 12.8 Å². The van der Waals surface area contributed by atoms with Crippen molar-refractivity contribution < 1.29 is 19.5 Å². The number of aliphatic carboxylic acids is 1. The maximum Gasteiger partial charge on any atom is 0.320 e. The largest absolute Gasteiger partial charge is 0.480 e. The van der Waals surface area contributed by atoms with E-state index in [0.717, 1.165) is 19.3 Å². The SMILES string of the molecule is CC(C(=O)NC(N)=O)N1CCCCCC1C(=O)O. The highest BCUT2D eigenvalue weighted by atomic mass is 16.4. The summed E-state index contributed by atoms with van der Waals surface area (Å²) in [5.41, 5.74) is 4.88. The third-order valence-corrected chi connectivity index (χ3v) is 3.20. The lowest BCUT2D eigenvalue weighted by Crippen LogP contribution is -2.53. The van der Waals surface area contributed by atoms with Crippen LogP contribution in [0.3, 0.4) is 0 Å². The monoisotopic (exact) mass is 257 g/mol. The summed E-state index contributed by atoms with van der Waals surface area (Å²) < 4.78 is 0. The molecule has 1 saturated heterocycles. The number of rotatable bonds is 3. The highest BCUT2D eigenvalue weighted by Crippen LogP contribution is 2.19. The number of carboxylic acids is 1. The van der Waals surface area contributed by atoms with Crippen LogP contribution in [0, 0.1) is 0 Å². The van der Waals surface area contributed by atoms with Gasteiger partial charge in [0.05, 0.1) is 6.04 Å². The minimum atomic E-state index is -0.935. The van der Waals surface area contributed by atoms with Gasteiger partial charge in [0, 0.05) is 0 Å². The van der Waals surface area contributed by atoms with Crippen molar-refractivity contribution in [3.63, 3.8) is 0 Å². The first-order valence-electron chi connectivity index (χ1n) is 6.02. The average molecular weight is 257 g/mol. The van der Waals surface area contributed by atoms with Gasteiger partial charge in [-0.25, -0.2) is 4.79 Å². The first-order chi connectivity index (χ1) is 8.43. The lowest BCUT2D eigenvalue weighted by molar-refractivity contribution is -0.145. The number of carboxylic acid groups (broad SMARTS) is 1. The molecule has 7 heteroatoms. The van der Waals surface area contributed by atoms with Crippen molar-refractivity contribution in [1.29, 1.82) is 0 Å². The quantitative estimate of drug-likeness (QED) is 0.653. The zero-order valence-electron chi connectivity index (χ0n) is 10.4. The van der Waals surface area contributed by atoms with Gasteiger partial charge in [-0.15, -0.1) is 0 Å². The van der Waals surface area contributed by atoms with Gasteiger partial charge in [-0.2, -0.15) is 0 Å². The fraction of sp³-hybridized carbons (Fsp3) is 0.727. The molecule has 0 saturated carbocycles. The summed E-state index contributed by atoms with van der Waals surface area (Å²) >= 11 is 0. The predicted molar refractivity (Wildman–Crippen MR) is 63.8 cm³/mol. The Morgan fingerprint density at radius 3 is 2.56 bits per heavy atom. The molecule has 102 valence electrons. The minimum absolute atomic E-state index is 0.517. The van der Waals surface area contributed by atoms with Crippen molar-refractivity contribution in [3.8, 4) is 0 Å². The number of carbonyl (C=O) groups excluding carboxylic acids is 2. The molecule has 7 nitrogen and oxygen atoms in total. The molecule has 3 amide bonds. The van der Waals surface area contributed by atoms with Crippen LogP contribution in [0.5, 0.6) is 0 Å². The fourth-order valence-electron chi connectivity index (χ4n) is 2.24. The number of urea groups is 1. The Balaban J connectivity index is 2.77. The number of nitrogens with zero attached hydrogens (tertiary/aromatic N) is 1. The number of amides is 3. The fourth-order valence-corrected chi connectivity index (χ4v) is 2.24. The Morgan fingerprint density at radius 1 is 1.33 bits per heavy atom. The van der Waals surface area contributed by atoms with E-state index in [2.05, 4.69) is 0 Å². The van der Waals surface area contributed by atoms with Crippen molar-refractivity contribution >= 4 is 17.9 Å². The molecule has 0 spiro atoms. The predicted octanol–water partition coefficient (Wildman–Crippen LogP) is -0.101. The Hall–Kier alpha value is -1.63. The molecule has 1 rings (SSSR count). The molecule has 2 atom stereocenters. The topological polar surface area (TPSA) is 113 Å². The standard InChI is InChI=1S/C11H19N3O4/c1-7(9(15)13-11(12)18)14-6-4-2-3-5-8(14)10(16)17/h7-8H,2-6H2,1H3,(H,16,17)(H3,12,13,15,18). The zero-order valence-corrected chi connectivity index (χ0v) is 10.4. The molecule has 0 aromatic rings. The molecular weight excluding hydrogens is 238 g/mol. The van der Waals surface area contributed by atoms with E-state index in [-0.39, 0.29) is 0 Å². The van der Waals surface area contributed by atoms with Gasteiger partial charge in [-0.05, 0) is 26.3 Å². The van der Waals surface area contributed by atoms with E-state index >= 15 is 0 Å². The molecule has 1 aliphatic heterocycles. The Bertz CT molecular complexity index is 345. The van der Waals surface area contributed by atoms with Crippen molar-refractivity contribution in [2.24, 2.45) is 5.73 Å². The van der Waals surface area contributed by atoms with E-state index in [4.69, 9.17) is 5.73 Å². The maximum absolute atomic E-state index is 11.7. The van der Waals surface area contributed by atoms with E-state index < -0.39 is 30.0 Å². The summed E-state index contributed by atoms with van der Waals surface area (Å²) in [6.07, 6.45) is 3.14. The van der Waals surface area contributed by atoms with E-state index in [1.165, 1.54) is 0 Å². The third-order valence-electron chi connectivity index (χ3n) is 3.20. The average Bonchev–Trinajstić information content (AvgIpc) is 2.52. The van der Waals surface area contributed by atoms with Crippen LogP contribution in [0.25, 0.3) is 0 Å². The van der Waals surface area contributed by atoms with Crippen LogP contribution in [-0.4, -0.2) is 46.5 Å². The second-order valence-corrected chi connectivity index (χ2v) is 4.47. The number of primary amides is 1. The lowest BCUT2D eigenvalue weighted by Gasteiger charge is -2.31. The minimum Gasteiger partial charge on any atom is -0.480 e. The molecule has 1 fully saturated rings. The molecule has 0 aliphatic carbocycles. The third kappa shape index (κ3) is 3.69. The summed E-state index contributed by atoms with van der Waals surface area (Å²) in [6, 6.07) is -2.29. The lowest BCUT2D eigenvalue weighted by atomic mass is 10.1. The highest BCUT2D eigenvalue weighted by molar-refractivity contribution is 5.96. The highest BCUT2D eigenvalue weighted by Gasteiger charge is 2.33. The van der Waals surface area contributed by atoms with Gasteiger partial charge in [0.15, 0.2) is 0 Å². The van der Waals surface area contributed by atoms with Gasteiger partial charge in [0.2, 0.25) is 5.91 Å². The van der Waals surface area contributed by atoms with Gasteiger partial charge >= 0.3 is 12.0 Å². The number of carbonyl (C=O) groups is 3. The zero-order chi connectivity index (χ0) is 13.7. The van der Waals surface area contributed by atoms with Crippen LogP contribution < -0.4 is 11.1 Å². The van der Waals surface area contributed by atoms with E-state index in [1.807, 2.05) is 5.32 Å². The summed E-state index contributed by atoms with van der Waals surface area (Å²) in [5.74, 6) is -1.49. The number of nitrogens with two attached hydrogens (primary N) is 1. The normalized spacial score (nSPS) is 22.8. The summed E-state index contributed by atoms with van der Waals surface area (Å²) in [4.78, 5) is 35.1. The molecule has 0 aromatic carbocycles. The van der Waals surface area contributed by atoms with E-state index in [9.17, 15) is 19.5 Å². The second-order valence-electron chi connectivity index (χ2n) is 4.47. The number of nitrogens with one attached hydrogen (secondary N) is 1. The van der Waals surface area contributed by atoms with Crippen molar-refractivity contribution in [3.05, 3.63) is 0 Å². The molecule has 2 unspecified atom stereocenters. The number of hydrogen-bond acceptors (Lipinski definition) is 4. The number of hydrogen-bond donors (Lipinski definition) is 3. The van der Waals surface area contributed by atoms with Gasteiger partial charge in [-0.3, -0.25) is 19.8 Å².